The Kier molecular flexibility index (Phi) is 3.26. The molecular formula is C11H15NO. The highest BCUT2D eigenvalue weighted by atomic mass is 16.1. The summed E-state index contributed by atoms with van der Waals surface area (Å²) in [5.41, 5.74) is 0.837. The Bertz CT molecular complexity index is 436. The fourth-order valence-electron chi connectivity index (χ4n) is 1.10. The molecule has 0 amide bonds. The van der Waals surface area contributed by atoms with E-state index in [0.717, 1.165) is 10.9 Å². The number of hydrogen-bond acceptors (Lipinski definition) is 1. The Morgan fingerprint density at radius 1 is 1.08 bits per heavy atom. The Hall–Kier alpha value is -1.57. The fourth-order valence-corrected chi connectivity index (χ4v) is 1.10. The number of rotatable bonds is 0. The normalized spacial score (nSPS) is 9.08. The number of aromatic amines is 1. The number of nitrogens with one attached hydrogen (secondary N) is 1. The van der Waals surface area contributed by atoms with Crippen molar-refractivity contribution in [3.05, 3.63) is 46.8 Å². The molecule has 2 heteroatoms. The van der Waals surface area contributed by atoms with Gasteiger partial charge in [-0.3, -0.25) is 4.79 Å². The van der Waals surface area contributed by atoms with Gasteiger partial charge in [-0.15, -0.1) is 0 Å². The van der Waals surface area contributed by atoms with Crippen molar-refractivity contribution in [3.8, 4) is 0 Å². The van der Waals surface area contributed by atoms with E-state index >= 15 is 0 Å². The van der Waals surface area contributed by atoms with Gasteiger partial charge in [0.1, 0.15) is 0 Å². The van der Waals surface area contributed by atoms with Crippen LogP contribution in [0.2, 0.25) is 0 Å². The van der Waals surface area contributed by atoms with Crippen LogP contribution in [0.1, 0.15) is 15.3 Å². The van der Waals surface area contributed by atoms with Gasteiger partial charge in [0.05, 0.1) is 0 Å². The summed E-state index contributed by atoms with van der Waals surface area (Å²) in [6.07, 6.45) is 0. The predicted molar refractivity (Wildman–Crippen MR) is 58.0 cm³/mol. The van der Waals surface area contributed by atoms with Gasteiger partial charge in [-0.2, -0.15) is 0 Å². The van der Waals surface area contributed by atoms with Crippen molar-refractivity contribution in [2.45, 2.75) is 13.8 Å². The molecule has 0 atom stereocenters. The van der Waals surface area contributed by atoms with Gasteiger partial charge in [-0.25, -0.2) is 0 Å². The topological polar surface area (TPSA) is 32.9 Å². The van der Waals surface area contributed by atoms with Gasteiger partial charge < -0.3 is 4.98 Å². The molecule has 2 rings (SSSR count). The number of aromatic nitrogens is 1. The van der Waals surface area contributed by atoms with Crippen LogP contribution < -0.4 is 5.56 Å². The lowest BCUT2D eigenvalue weighted by Crippen LogP contribution is -2.01. The first-order chi connectivity index (χ1) is 6.36. The highest BCUT2D eigenvalue weighted by Crippen LogP contribution is 2.06. The van der Waals surface area contributed by atoms with Gasteiger partial charge in [0, 0.05) is 13.0 Å². The van der Waals surface area contributed by atoms with Crippen molar-refractivity contribution < 1.29 is 1.43 Å². The van der Waals surface area contributed by atoms with Crippen LogP contribution in [-0.4, -0.2) is 4.98 Å². The quantitative estimate of drug-likeness (QED) is 0.659. The lowest BCUT2D eigenvalue weighted by molar-refractivity contribution is 1.31. The number of para-hydroxylation sites is 1. The lowest BCUT2D eigenvalue weighted by Gasteiger charge is -1.93. The molecule has 1 heterocycles. The third kappa shape index (κ3) is 2.18. The predicted octanol–water partition coefficient (Wildman–Crippen LogP) is 2.80. The zero-order valence-electron chi connectivity index (χ0n) is 7.87. The summed E-state index contributed by atoms with van der Waals surface area (Å²) in [6.45, 7) is 4.00. The zero-order chi connectivity index (χ0) is 9.68. The standard InChI is InChI=1S/C9H7NO.C2H6.H2/c11-9-6-5-7-3-1-2-4-8(7)10-9;1-2;/h1-6H,(H,10,11);1-2H3;1H. The third-order valence-electron chi connectivity index (χ3n) is 1.63. The lowest BCUT2D eigenvalue weighted by atomic mass is 10.2. The summed E-state index contributed by atoms with van der Waals surface area (Å²) < 4.78 is 0. The number of hydrogen-bond donors (Lipinski definition) is 1. The molecule has 70 valence electrons. The molecule has 1 aromatic heterocycles. The minimum Gasteiger partial charge on any atom is -0.322 e. The highest BCUT2D eigenvalue weighted by Gasteiger charge is 1.89. The first-order valence-corrected chi connectivity index (χ1v) is 4.44. The minimum absolute atomic E-state index is 0. The second-order valence-corrected chi connectivity index (χ2v) is 2.41. The maximum Gasteiger partial charge on any atom is 0.248 e. The second-order valence-electron chi connectivity index (χ2n) is 2.41. The van der Waals surface area contributed by atoms with E-state index in [4.69, 9.17) is 0 Å². The molecule has 13 heavy (non-hydrogen) atoms. The summed E-state index contributed by atoms with van der Waals surface area (Å²) in [5, 5.41) is 1.06. The Morgan fingerprint density at radius 3 is 2.54 bits per heavy atom. The molecule has 0 aliphatic rings. The van der Waals surface area contributed by atoms with Crippen molar-refractivity contribution >= 4 is 10.9 Å². The average molecular weight is 177 g/mol. The van der Waals surface area contributed by atoms with Crippen LogP contribution >= 0.6 is 0 Å². The average Bonchev–Trinajstić information content (AvgIpc) is 2.21. The fraction of sp³-hybridized carbons (Fsp3) is 0.182. The second kappa shape index (κ2) is 4.45. The SMILES string of the molecule is CC.O=c1ccc2ccccc2[nH]1.[HH]. The zero-order valence-corrected chi connectivity index (χ0v) is 7.87. The minimum atomic E-state index is -0.0521. The summed E-state index contributed by atoms with van der Waals surface area (Å²) in [5.74, 6) is 0. The van der Waals surface area contributed by atoms with Crippen LogP contribution in [0.25, 0.3) is 10.9 Å². The van der Waals surface area contributed by atoms with Crippen LogP contribution in [0.15, 0.2) is 41.2 Å². The van der Waals surface area contributed by atoms with Crippen molar-refractivity contribution in [2.75, 3.05) is 0 Å². The number of H-pyrrole nitrogens is 1. The molecule has 1 aromatic carbocycles. The van der Waals surface area contributed by atoms with E-state index in [1.54, 1.807) is 0 Å². The van der Waals surface area contributed by atoms with Crippen molar-refractivity contribution in [2.24, 2.45) is 0 Å². The first kappa shape index (κ1) is 9.52. The molecule has 0 fully saturated rings. The maximum absolute atomic E-state index is 10.8. The van der Waals surface area contributed by atoms with Crippen LogP contribution in [0.5, 0.6) is 0 Å². The monoisotopic (exact) mass is 177 g/mol. The number of pyridine rings is 1. The van der Waals surface area contributed by atoms with E-state index in [9.17, 15) is 4.79 Å². The van der Waals surface area contributed by atoms with Gasteiger partial charge in [-0.1, -0.05) is 32.0 Å². The van der Waals surface area contributed by atoms with Crippen molar-refractivity contribution in [3.63, 3.8) is 0 Å². The van der Waals surface area contributed by atoms with E-state index in [1.165, 1.54) is 6.07 Å². The van der Waals surface area contributed by atoms with Crippen LogP contribution in [0, 0.1) is 0 Å². The van der Waals surface area contributed by atoms with Crippen LogP contribution in [0.3, 0.4) is 0 Å². The van der Waals surface area contributed by atoms with Gasteiger partial charge in [-0.05, 0) is 17.5 Å². The van der Waals surface area contributed by atoms with Crippen LogP contribution in [0.4, 0.5) is 0 Å². The molecule has 0 unspecified atom stereocenters. The molecular weight excluding hydrogens is 162 g/mol. The van der Waals surface area contributed by atoms with Crippen molar-refractivity contribution in [1.29, 1.82) is 0 Å². The summed E-state index contributed by atoms with van der Waals surface area (Å²) >= 11 is 0. The molecule has 2 nitrogen and oxygen atoms in total. The molecule has 0 spiro atoms. The van der Waals surface area contributed by atoms with E-state index in [-0.39, 0.29) is 6.99 Å². The Labute approximate surface area is 78.7 Å². The number of fused-ring (bicyclic) bond motifs is 1. The van der Waals surface area contributed by atoms with E-state index in [2.05, 4.69) is 4.98 Å². The van der Waals surface area contributed by atoms with Gasteiger partial charge in [0.25, 0.3) is 0 Å². The molecule has 0 radical (unpaired) electrons. The van der Waals surface area contributed by atoms with E-state index in [0.29, 0.717) is 0 Å². The Balaban J connectivity index is 0.000000531. The molecule has 2 aromatic rings. The molecule has 0 aliphatic carbocycles. The summed E-state index contributed by atoms with van der Waals surface area (Å²) in [7, 11) is 0. The van der Waals surface area contributed by atoms with E-state index < -0.39 is 0 Å². The van der Waals surface area contributed by atoms with Gasteiger partial charge in [0.15, 0.2) is 0 Å². The highest BCUT2D eigenvalue weighted by molar-refractivity contribution is 5.77. The van der Waals surface area contributed by atoms with Crippen molar-refractivity contribution in [1.82, 2.24) is 4.98 Å². The smallest absolute Gasteiger partial charge is 0.248 e. The van der Waals surface area contributed by atoms with Gasteiger partial charge >= 0.3 is 0 Å². The molecule has 0 bridgehead atoms. The third-order valence-corrected chi connectivity index (χ3v) is 1.63. The molecule has 1 N–H and O–H groups in total. The molecule has 0 saturated carbocycles. The summed E-state index contributed by atoms with van der Waals surface area (Å²) in [4.78, 5) is 13.6. The summed E-state index contributed by atoms with van der Waals surface area (Å²) in [6, 6.07) is 11.0. The number of benzene rings is 1. The van der Waals surface area contributed by atoms with E-state index in [1.807, 2.05) is 44.2 Å². The maximum atomic E-state index is 10.8. The van der Waals surface area contributed by atoms with Crippen LogP contribution in [-0.2, 0) is 0 Å². The Morgan fingerprint density at radius 2 is 1.77 bits per heavy atom. The molecule has 0 saturated heterocycles. The first-order valence-electron chi connectivity index (χ1n) is 4.44. The van der Waals surface area contributed by atoms with Gasteiger partial charge in [0.2, 0.25) is 5.56 Å². The largest absolute Gasteiger partial charge is 0.322 e. The molecule has 0 aliphatic heterocycles.